The number of hydrogen-bond acceptors (Lipinski definition) is 5. The molecule has 0 spiro atoms. The predicted octanol–water partition coefficient (Wildman–Crippen LogP) is 2.52. The minimum atomic E-state index is 0.0807. The minimum absolute atomic E-state index is 0.0807. The zero-order valence-electron chi connectivity index (χ0n) is 13.5. The Kier molecular flexibility index (Phi) is 5.08. The van der Waals surface area contributed by atoms with Gasteiger partial charge in [-0.1, -0.05) is 36.4 Å². The number of nitrogens with zero attached hydrogens (tertiary/aromatic N) is 3. The summed E-state index contributed by atoms with van der Waals surface area (Å²) in [5.41, 5.74) is 2.15. The van der Waals surface area contributed by atoms with E-state index in [1.807, 2.05) is 24.3 Å². The first-order valence-corrected chi connectivity index (χ1v) is 7.73. The van der Waals surface area contributed by atoms with Crippen LogP contribution in [0.25, 0.3) is 0 Å². The Bertz CT molecular complexity index is 760. The Morgan fingerprint density at radius 1 is 1.21 bits per heavy atom. The lowest BCUT2D eigenvalue weighted by atomic mass is 10.1. The van der Waals surface area contributed by atoms with Crippen molar-refractivity contribution in [3.05, 3.63) is 72.3 Å². The SMILES string of the molecule is COc1ccc(CN[C@H](Cn2cncn2)c2ccccc2)cc1O. The molecule has 24 heavy (non-hydrogen) atoms. The van der Waals surface area contributed by atoms with Crippen LogP contribution in [0.5, 0.6) is 11.5 Å². The van der Waals surface area contributed by atoms with Gasteiger partial charge < -0.3 is 15.2 Å². The largest absolute Gasteiger partial charge is 0.504 e. The number of benzene rings is 2. The summed E-state index contributed by atoms with van der Waals surface area (Å²) >= 11 is 0. The van der Waals surface area contributed by atoms with Crippen molar-refractivity contribution in [2.45, 2.75) is 19.1 Å². The average Bonchev–Trinajstić information content (AvgIpc) is 3.12. The molecule has 0 saturated heterocycles. The fourth-order valence-corrected chi connectivity index (χ4v) is 2.57. The van der Waals surface area contributed by atoms with E-state index in [-0.39, 0.29) is 11.8 Å². The third-order valence-electron chi connectivity index (χ3n) is 3.83. The highest BCUT2D eigenvalue weighted by Gasteiger charge is 2.12. The van der Waals surface area contributed by atoms with E-state index < -0.39 is 0 Å². The van der Waals surface area contributed by atoms with Crippen LogP contribution in [-0.4, -0.2) is 27.0 Å². The number of ether oxygens (including phenoxy) is 1. The molecule has 3 rings (SSSR count). The van der Waals surface area contributed by atoms with Crippen LogP contribution < -0.4 is 10.1 Å². The molecule has 0 radical (unpaired) electrons. The molecule has 0 saturated carbocycles. The molecule has 124 valence electrons. The molecule has 6 heteroatoms. The van der Waals surface area contributed by atoms with Crippen molar-refractivity contribution >= 4 is 0 Å². The molecule has 0 bridgehead atoms. The van der Waals surface area contributed by atoms with Crippen molar-refractivity contribution in [3.8, 4) is 11.5 Å². The standard InChI is InChI=1S/C18H20N4O2/c1-24-18-8-7-14(9-17(18)23)10-20-16(11-22-13-19-12-21-22)15-5-3-2-4-6-15/h2-9,12-13,16,20,23H,10-11H2,1H3/t16-/m1/s1. The number of hydrogen-bond donors (Lipinski definition) is 2. The van der Waals surface area contributed by atoms with E-state index in [0.29, 0.717) is 18.8 Å². The van der Waals surface area contributed by atoms with Gasteiger partial charge in [-0.25, -0.2) is 4.98 Å². The second-order valence-corrected chi connectivity index (χ2v) is 5.47. The number of nitrogens with one attached hydrogen (secondary N) is 1. The first-order chi connectivity index (χ1) is 11.8. The van der Waals surface area contributed by atoms with Crippen LogP contribution in [0.3, 0.4) is 0 Å². The number of phenols is 1. The quantitative estimate of drug-likeness (QED) is 0.699. The average molecular weight is 324 g/mol. The maximum absolute atomic E-state index is 9.91. The summed E-state index contributed by atoms with van der Waals surface area (Å²) in [4.78, 5) is 4.00. The summed E-state index contributed by atoms with van der Waals surface area (Å²) in [6.07, 6.45) is 3.24. The van der Waals surface area contributed by atoms with E-state index in [2.05, 4.69) is 27.5 Å². The summed E-state index contributed by atoms with van der Waals surface area (Å²) in [5, 5.41) is 17.6. The molecule has 1 heterocycles. The lowest BCUT2D eigenvalue weighted by molar-refractivity contribution is 0.372. The van der Waals surface area contributed by atoms with Gasteiger partial charge in [-0.2, -0.15) is 5.10 Å². The van der Waals surface area contributed by atoms with Gasteiger partial charge in [-0.05, 0) is 23.3 Å². The van der Waals surface area contributed by atoms with Crippen molar-refractivity contribution < 1.29 is 9.84 Å². The smallest absolute Gasteiger partial charge is 0.160 e. The number of rotatable bonds is 7. The molecule has 0 fully saturated rings. The number of phenolic OH excluding ortho intramolecular Hbond substituents is 1. The van der Waals surface area contributed by atoms with Gasteiger partial charge in [-0.3, -0.25) is 4.68 Å². The molecule has 0 aliphatic rings. The molecule has 1 aromatic heterocycles. The lowest BCUT2D eigenvalue weighted by Gasteiger charge is -2.19. The molecule has 0 amide bonds. The van der Waals surface area contributed by atoms with Crippen molar-refractivity contribution in [1.82, 2.24) is 20.1 Å². The lowest BCUT2D eigenvalue weighted by Crippen LogP contribution is -2.25. The van der Waals surface area contributed by atoms with Crippen LogP contribution in [0.4, 0.5) is 0 Å². The molecule has 0 aliphatic carbocycles. The van der Waals surface area contributed by atoms with Gasteiger partial charge in [0, 0.05) is 6.54 Å². The van der Waals surface area contributed by atoms with Crippen LogP contribution in [0, 0.1) is 0 Å². The molecule has 2 aromatic carbocycles. The van der Waals surface area contributed by atoms with E-state index in [4.69, 9.17) is 4.74 Å². The molecule has 3 aromatic rings. The van der Waals surface area contributed by atoms with Crippen LogP contribution in [-0.2, 0) is 13.1 Å². The second kappa shape index (κ2) is 7.61. The number of aromatic nitrogens is 3. The Hall–Kier alpha value is -2.86. The Labute approximate surface area is 140 Å². The van der Waals surface area contributed by atoms with Gasteiger partial charge in [0.2, 0.25) is 0 Å². The maximum Gasteiger partial charge on any atom is 0.160 e. The van der Waals surface area contributed by atoms with Crippen molar-refractivity contribution in [3.63, 3.8) is 0 Å². The summed E-state index contributed by atoms with van der Waals surface area (Å²) < 4.78 is 6.88. The first kappa shape index (κ1) is 16.0. The van der Waals surface area contributed by atoms with Crippen molar-refractivity contribution in [2.24, 2.45) is 0 Å². The molecule has 0 unspecified atom stereocenters. The Balaban J connectivity index is 1.73. The summed E-state index contributed by atoms with van der Waals surface area (Å²) in [6, 6.07) is 15.7. The highest BCUT2D eigenvalue weighted by Crippen LogP contribution is 2.26. The zero-order chi connectivity index (χ0) is 16.8. The Morgan fingerprint density at radius 3 is 2.71 bits per heavy atom. The third-order valence-corrected chi connectivity index (χ3v) is 3.83. The van der Waals surface area contributed by atoms with E-state index >= 15 is 0 Å². The van der Waals surface area contributed by atoms with E-state index in [9.17, 15) is 5.11 Å². The van der Waals surface area contributed by atoms with Crippen LogP contribution in [0.1, 0.15) is 17.2 Å². The molecule has 6 nitrogen and oxygen atoms in total. The van der Waals surface area contributed by atoms with Gasteiger partial charge in [-0.15, -0.1) is 0 Å². The predicted molar refractivity (Wildman–Crippen MR) is 90.7 cm³/mol. The molecular formula is C18H20N4O2. The molecular weight excluding hydrogens is 304 g/mol. The topological polar surface area (TPSA) is 72.2 Å². The summed E-state index contributed by atoms with van der Waals surface area (Å²) in [6.45, 7) is 1.29. The summed E-state index contributed by atoms with van der Waals surface area (Å²) in [5.74, 6) is 0.616. The molecule has 1 atom stereocenters. The van der Waals surface area contributed by atoms with Gasteiger partial charge >= 0.3 is 0 Å². The van der Waals surface area contributed by atoms with E-state index in [1.165, 1.54) is 19.0 Å². The highest BCUT2D eigenvalue weighted by atomic mass is 16.5. The number of aromatic hydroxyl groups is 1. The normalized spacial score (nSPS) is 12.0. The molecule has 2 N–H and O–H groups in total. The molecule has 0 aliphatic heterocycles. The van der Waals surface area contributed by atoms with E-state index in [1.54, 1.807) is 23.1 Å². The van der Waals surface area contributed by atoms with Gasteiger partial charge in [0.25, 0.3) is 0 Å². The minimum Gasteiger partial charge on any atom is -0.504 e. The Morgan fingerprint density at radius 2 is 2.04 bits per heavy atom. The maximum atomic E-state index is 9.91. The van der Waals surface area contributed by atoms with Gasteiger partial charge in [0.15, 0.2) is 11.5 Å². The fourth-order valence-electron chi connectivity index (χ4n) is 2.57. The highest BCUT2D eigenvalue weighted by molar-refractivity contribution is 5.41. The summed E-state index contributed by atoms with van der Waals surface area (Å²) in [7, 11) is 1.54. The van der Waals surface area contributed by atoms with Gasteiger partial charge in [0.05, 0.1) is 19.7 Å². The van der Waals surface area contributed by atoms with Crippen molar-refractivity contribution in [1.29, 1.82) is 0 Å². The van der Waals surface area contributed by atoms with Crippen LogP contribution in [0.2, 0.25) is 0 Å². The van der Waals surface area contributed by atoms with Crippen LogP contribution >= 0.6 is 0 Å². The second-order valence-electron chi connectivity index (χ2n) is 5.47. The fraction of sp³-hybridized carbons (Fsp3) is 0.222. The monoisotopic (exact) mass is 324 g/mol. The third kappa shape index (κ3) is 3.91. The number of methoxy groups -OCH3 is 1. The van der Waals surface area contributed by atoms with Crippen LogP contribution in [0.15, 0.2) is 61.2 Å². The van der Waals surface area contributed by atoms with E-state index in [0.717, 1.165) is 5.56 Å². The van der Waals surface area contributed by atoms with Crippen molar-refractivity contribution in [2.75, 3.05) is 7.11 Å². The van der Waals surface area contributed by atoms with Gasteiger partial charge in [0.1, 0.15) is 12.7 Å². The zero-order valence-corrected chi connectivity index (χ0v) is 13.5. The first-order valence-electron chi connectivity index (χ1n) is 7.73.